The molecule has 25 heavy (non-hydrogen) atoms. The van der Waals surface area contributed by atoms with Crippen LogP contribution in [0.4, 0.5) is 0 Å². The molecule has 1 heterocycles. The average molecular weight is 334 g/mol. The van der Waals surface area contributed by atoms with E-state index < -0.39 is 0 Å². The van der Waals surface area contributed by atoms with Crippen LogP contribution in [0, 0.1) is 5.92 Å². The second-order valence-electron chi connectivity index (χ2n) is 6.33. The first kappa shape index (κ1) is 17.0. The van der Waals surface area contributed by atoms with Gasteiger partial charge >= 0.3 is 0 Å². The molecule has 3 rings (SSSR count). The van der Waals surface area contributed by atoms with Crippen molar-refractivity contribution in [3.63, 3.8) is 0 Å². The summed E-state index contributed by atoms with van der Waals surface area (Å²) in [5.41, 5.74) is 8.59. The Morgan fingerprint density at radius 3 is 2.32 bits per heavy atom. The first-order valence-corrected chi connectivity index (χ1v) is 8.55. The topological polar surface area (TPSA) is 63.4 Å². The molecule has 4 nitrogen and oxygen atoms in total. The number of nitrogens with two attached hydrogens (primary N) is 1. The summed E-state index contributed by atoms with van der Waals surface area (Å²) in [6, 6.07) is 18.2. The Balaban J connectivity index is 1.64. The van der Waals surface area contributed by atoms with Crippen LogP contribution in [-0.2, 0) is 9.59 Å². The van der Waals surface area contributed by atoms with Gasteiger partial charge in [0.2, 0.25) is 11.8 Å². The average Bonchev–Trinajstić information content (AvgIpc) is 2.67. The maximum Gasteiger partial charge on any atom is 0.246 e. The molecule has 0 aliphatic carbocycles. The molecule has 2 amide bonds. The van der Waals surface area contributed by atoms with Gasteiger partial charge in [-0.15, -0.1) is 0 Å². The van der Waals surface area contributed by atoms with Crippen LogP contribution in [0.1, 0.15) is 18.4 Å². The van der Waals surface area contributed by atoms with Crippen LogP contribution < -0.4 is 5.73 Å². The van der Waals surface area contributed by atoms with Gasteiger partial charge in [0, 0.05) is 25.1 Å². The highest BCUT2D eigenvalue weighted by molar-refractivity contribution is 5.92. The lowest BCUT2D eigenvalue weighted by Crippen LogP contribution is -2.41. The molecule has 2 N–H and O–H groups in total. The molecule has 0 atom stereocenters. The Labute approximate surface area is 148 Å². The van der Waals surface area contributed by atoms with E-state index in [1.54, 1.807) is 11.0 Å². The Morgan fingerprint density at radius 1 is 0.960 bits per heavy atom. The zero-order chi connectivity index (χ0) is 17.6. The highest BCUT2D eigenvalue weighted by Gasteiger charge is 2.24. The zero-order valence-corrected chi connectivity index (χ0v) is 14.1. The molecule has 0 bridgehead atoms. The molecule has 1 aliphatic rings. The van der Waals surface area contributed by atoms with Gasteiger partial charge in [0.15, 0.2) is 0 Å². The van der Waals surface area contributed by atoms with Gasteiger partial charge in [-0.25, -0.2) is 0 Å². The Hall–Kier alpha value is -2.88. The highest BCUT2D eigenvalue weighted by Crippen LogP contribution is 2.21. The van der Waals surface area contributed by atoms with E-state index >= 15 is 0 Å². The molecule has 0 saturated carbocycles. The number of nitrogens with zero attached hydrogens (tertiary/aromatic N) is 1. The number of primary amides is 1. The third-order valence-electron chi connectivity index (χ3n) is 4.62. The molecule has 0 radical (unpaired) electrons. The summed E-state index contributed by atoms with van der Waals surface area (Å²) < 4.78 is 0. The zero-order valence-electron chi connectivity index (χ0n) is 14.1. The van der Waals surface area contributed by atoms with Crippen LogP contribution in [0.2, 0.25) is 0 Å². The van der Waals surface area contributed by atoms with Crippen molar-refractivity contribution in [3.8, 4) is 11.1 Å². The molecule has 1 aliphatic heterocycles. The van der Waals surface area contributed by atoms with Crippen LogP contribution in [0.5, 0.6) is 0 Å². The summed E-state index contributed by atoms with van der Waals surface area (Å²) in [7, 11) is 0. The molecule has 0 unspecified atom stereocenters. The molecule has 1 saturated heterocycles. The van der Waals surface area contributed by atoms with Gasteiger partial charge < -0.3 is 10.6 Å². The summed E-state index contributed by atoms with van der Waals surface area (Å²) in [5, 5.41) is 0. The normalized spacial score (nSPS) is 15.4. The van der Waals surface area contributed by atoms with Crippen LogP contribution in [0.15, 0.2) is 60.7 Å². The van der Waals surface area contributed by atoms with Gasteiger partial charge in [0.25, 0.3) is 0 Å². The van der Waals surface area contributed by atoms with Crippen molar-refractivity contribution in [1.29, 1.82) is 0 Å². The summed E-state index contributed by atoms with van der Waals surface area (Å²) in [6.07, 6.45) is 4.75. The fourth-order valence-electron chi connectivity index (χ4n) is 3.11. The molecule has 0 spiro atoms. The molecule has 1 fully saturated rings. The lowest BCUT2D eigenvalue weighted by atomic mass is 9.96. The number of likely N-dealkylation sites (tertiary alicyclic amines) is 1. The number of amides is 2. The molecule has 128 valence electrons. The minimum atomic E-state index is -0.264. The predicted octanol–water partition coefficient (Wildman–Crippen LogP) is 3.09. The van der Waals surface area contributed by atoms with E-state index in [9.17, 15) is 9.59 Å². The summed E-state index contributed by atoms with van der Waals surface area (Å²) in [6.45, 7) is 1.17. The van der Waals surface area contributed by atoms with Crippen molar-refractivity contribution < 1.29 is 9.59 Å². The SMILES string of the molecule is NC(=O)C1CCN(C(=O)/C=C/c2cccc(-c3ccccc3)c2)CC1. The second-order valence-corrected chi connectivity index (χ2v) is 6.33. The number of carbonyl (C=O) groups is 2. The first-order chi connectivity index (χ1) is 12.1. The molecule has 0 aromatic heterocycles. The van der Waals surface area contributed by atoms with Crippen molar-refractivity contribution in [3.05, 3.63) is 66.2 Å². The third kappa shape index (κ3) is 4.35. The van der Waals surface area contributed by atoms with E-state index in [4.69, 9.17) is 5.73 Å². The fraction of sp³-hybridized carbons (Fsp3) is 0.238. The summed E-state index contributed by atoms with van der Waals surface area (Å²) in [5.74, 6) is -0.385. The quantitative estimate of drug-likeness (QED) is 0.873. The minimum Gasteiger partial charge on any atom is -0.369 e. The molecular formula is C21H22N2O2. The Morgan fingerprint density at radius 2 is 1.64 bits per heavy atom. The van der Waals surface area contributed by atoms with Crippen LogP contribution in [0.3, 0.4) is 0 Å². The maximum atomic E-state index is 12.3. The number of hydrogen-bond donors (Lipinski definition) is 1. The van der Waals surface area contributed by atoms with Crippen molar-refractivity contribution >= 4 is 17.9 Å². The van der Waals surface area contributed by atoms with E-state index in [1.807, 2.05) is 36.4 Å². The van der Waals surface area contributed by atoms with Gasteiger partial charge in [0.1, 0.15) is 0 Å². The number of piperidine rings is 1. The fourth-order valence-corrected chi connectivity index (χ4v) is 3.11. The highest BCUT2D eigenvalue weighted by atomic mass is 16.2. The molecular weight excluding hydrogens is 312 g/mol. The standard InChI is InChI=1S/C21H22N2O2/c22-21(25)18-11-13-23(14-12-18)20(24)10-9-16-5-4-8-19(15-16)17-6-2-1-3-7-17/h1-10,15,18H,11-14H2,(H2,22,25)/b10-9+. The smallest absolute Gasteiger partial charge is 0.246 e. The first-order valence-electron chi connectivity index (χ1n) is 8.55. The number of benzene rings is 2. The van der Waals surface area contributed by atoms with Crippen molar-refractivity contribution in [2.75, 3.05) is 13.1 Å². The van der Waals surface area contributed by atoms with Crippen molar-refractivity contribution in [1.82, 2.24) is 4.90 Å². The van der Waals surface area contributed by atoms with E-state index in [0.29, 0.717) is 25.9 Å². The molecule has 4 heteroatoms. The van der Waals surface area contributed by atoms with Crippen LogP contribution in [-0.4, -0.2) is 29.8 Å². The number of hydrogen-bond acceptors (Lipinski definition) is 2. The van der Waals surface area contributed by atoms with E-state index in [-0.39, 0.29) is 17.7 Å². The predicted molar refractivity (Wildman–Crippen MR) is 99.4 cm³/mol. The van der Waals surface area contributed by atoms with Crippen molar-refractivity contribution in [2.45, 2.75) is 12.8 Å². The van der Waals surface area contributed by atoms with E-state index in [2.05, 4.69) is 24.3 Å². The maximum absolute atomic E-state index is 12.3. The summed E-state index contributed by atoms with van der Waals surface area (Å²) in [4.78, 5) is 25.3. The second kappa shape index (κ2) is 7.79. The van der Waals surface area contributed by atoms with Gasteiger partial charge in [-0.05, 0) is 41.7 Å². The monoisotopic (exact) mass is 334 g/mol. The number of carbonyl (C=O) groups excluding carboxylic acids is 2. The number of rotatable bonds is 4. The van der Waals surface area contributed by atoms with Crippen LogP contribution in [0.25, 0.3) is 17.2 Å². The Kier molecular flexibility index (Phi) is 5.29. The lowest BCUT2D eigenvalue weighted by Gasteiger charge is -2.29. The van der Waals surface area contributed by atoms with Crippen molar-refractivity contribution in [2.24, 2.45) is 11.7 Å². The Bertz CT molecular complexity index is 775. The van der Waals surface area contributed by atoms with E-state index in [0.717, 1.165) is 16.7 Å². The largest absolute Gasteiger partial charge is 0.369 e. The molecule has 2 aromatic carbocycles. The summed E-state index contributed by atoms with van der Waals surface area (Å²) >= 11 is 0. The lowest BCUT2D eigenvalue weighted by molar-refractivity contribution is -0.130. The van der Waals surface area contributed by atoms with E-state index in [1.165, 1.54) is 0 Å². The van der Waals surface area contributed by atoms with Gasteiger partial charge in [0.05, 0.1) is 0 Å². The van der Waals surface area contributed by atoms with Gasteiger partial charge in [-0.2, -0.15) is 0 Å². The molecule has 2 aromatic rings. The van der Waals surface area contributed by atoms with Gasteiger partial charge in [-0.1, -0.05) is 48.5 Å². The van der Waals surface area contributed by atoms with Gasteiger partial charge in [-0.3, -0.25) is 9.59 Å². The minimum absolute atomic E-state index is 0.0203. The van der Waals surface area contributed by atoms with Crippen LogP contribution >= 0.6 is 0 Å². The third-order valence-corrected chi connectivity index (χ3v) is 4.62.